The number of nitrogens with one attached hydrogen (secondary N) is 1. The second kappa shape index (κ2) is 5.58. The number of likely N-dealkylation sites (tertiary alicyclic amines) is 1. The molecule has 5 nitrogen and oxygen atoms in total. The van der Waals surface area contributed by atoms with Gasteiger partial charge in [-0.05, 0) is 36.8 Å². The zero-order chi connectivity index (χ0) is 13.9. The lowest BCUT2D eigenvalue weighted by Crippen LogP contribution is -2.37. The van der Waals surface area contributed by atoms with Crippen molar-refractivity contribution in [3.63, 3.8) is 0 Å². The van der Waals surface area contributed by atoms with Gasteiger partial charge >= 0.3 is 5.69 Å². The van der Waals surface area contributed by atoms with Crippen molar-refractivity contribution in [1.29, 1.82) is 0 Å². The van der Waals surface area contributed by atoms with Crippen LogP contribution in [0.25, 0.3) is 10.6 Å². The summed E-state index contributed by atoms with van der Waals surface area (Å²) in [4.78, 5) is 33.3. The Bertz CT molecular complexity index is 657. The van der Waals surface area contributed by atoms with Gasteiger partial charge in [-0.25, -0.2) is 4.79 Å². The average Bonchev–Trinajstić information content (AvgIpc) is 3.01. The van der Waals surface area contributed by atoms with Crippen molar-refractivity contribution >= 4 is 17.2 Å². The van der Waals surface area contributed by atoms with Crippen molar-refractivity contribution in [3.8, 4) is 10.6 Å². The standard InChI is InChI=1S/C14H15N3O2S/c18-13(17-6-2-1-3-7-17)11-9-10(15-14(19)16-11)12-5-4-8-20-12/h4-5,8-9H,1-3,6-7H2,(H,15,16,19). The maximum atomic E-state index is 12.4. The third kappa shape index (κ3) is 2.65. The summed E-state index contributed by atoms with van der Waals surface area (Å²) in [5, 5.41) is 1.93. The molecular weight excluding hydrogens is 274 g/mol. The maximum Gasteiger partial charge on any atom is 0.346 e. The molecule has 1 aliphatic rings. The van der Waals surface area contributed by atoms with Gasteiger partial charge in [-0.15, -0.1) is 11.3 Å². The molecule has 0 saturated carbocycles. The van der Waals surface area contributed by atoms with Gasteiger partial charge in [0.2, 0.25) is 0 Å². The highest BCUT2D eigenvalue weighted by Crippen LogP contribution is 2.22. The number of thiophene rings is 1. The van der Waals surface area contributed by atoms with Crippen molar-refractivity contribution in [1.82, 2.24) is 14.9 Å². The number of aromatic nitrogens is 2. The fraction of sp³-hybridized carbons (Fsp3) is 0.357. The summed E-state index contributed by atoms with van der Waals surface area (Å²) in [6.07, 6.45) is 3.20. The molecule has 2 aromatic heterocycles. The normalized spacial score (nSPS) is 15.3. The first kappa shape index (κ1) is 13.1. The third-order valence-electron chi connectivity index (χ3n) is 3.39. The molecule has 1 saturated heterocycles. The van der Waals surface area contributed by atoms with Crippen LogP contribution in [0.2, 0.25) is 0 Å². The van der Waals surface area contributed by atoms with E-state index in [-0.39, 0.29) is 11.6 Å². The molecule has 3 rings (SSSR count). The number of rotatable bonds is 2. The Hall–Kier alpha value is -1.95. The van der Waals surface area contributed by atoms with Crippen molar-refractivity contribution in [2.45, 2.75) is 19.3 Å². The van der Waals surface area contributed by atoms with Gasteiger partial charge in [0.05, 0.1) is 10.6 Å². The molecule has 0 spiro atoms. The van der Waals surface area contributed by atoms with Crippen molar-refractivity contribution < 1.29 is 4.79 Å². The first-order valence-electron chi connectivity index (χ1n) is 6.68. The number of carbonyl (C=O) groups is 1. The number of amides is 1. The summed E-state index contributed by atoms with van der Waals surface area (Å²) in [6, 6.07) is 5.49. The van der Waals surface area contributed by atoms with Gasteiger partial charge in [0.15, 0.2) is 0 Å². The predicted octanol–water partition coefficient (Wildman–Crippen LogP) is 2.12. The summed E-state index contributed by atoms with van der Waals surface area (Å²) < 4.78 is 0. The van der Waals surface area contributed by atoms with Crippen LogP contribution in [0.4, 0.5) is 0 Å². The maximum absolute atomic E-state index is 12.4. The van der Waals surface area contributed by atoms with Crippen molar-refractivity contribution in [2.75, 3.05) is 13.1 Å². The summed E-state index contributed by atoms with van der Waals surface area (Å²) >= 11 is 1.52. The lowest BCUT2D eigenvalue weighted by Gasteiger charge is -2.26. The van der Waals surface area contributed by atoms with E-state index >= 15 is 0 Å². The molecule has 0 radical (unpaired) electrons. The molecule has 1 fully saturated rings. The second-order valence-electron chi connectivity index (χ2n) is 4.82. The Labute approximate surface area is 120 Å². The molecule has 104 valence electrons. The number of piperidine rings is 1. The predicted molar refractivity (Wildman–Crippen MR) is 77.9 cm³/mol. The molecule has 0 aliphatic carbocycles. The number of carbonyl (C=O) groups excluding carboxylic acids is 1. The van der Waals surface area contributed by atoms with Gasteiger partial charge in [0.25, 0.3) is 5.91 Å². The Morgan fingerprint density at radius 2 is 2.10 bits per heavy atom. The lowest BCUT2D eigenvalue weighted by atomic mass is 10.1. The molecule has 1 aliphatic heterocycles. The zero-order valence-electron chi connectivity index (χ0n) is 11.0. The Morgan fingerprint density at radius 1 is 1.30 bits per heavy atom. The van der Waals surface area contributed by atoms with Gasteiger partial charge in [-0.3, -0.25) is 4.79 Å². The lowest BCUT2D eigenvalue weighted by molar-refractivity contribution is 0.0718. The number of aromatic amines is 1. The third-order valence-corrected chi connectivity index (χ3v) is 4.30. The van der Waals surface area contributed by atoms with E-state index in [1.54, 1.807) is 11.0 Å². The summed E-state index contributed by atoms with van der Waals surface area (Å²) in [6.45, 7) is 1.50. The van der Waals surface area contributed by atoms with E-state index in [0.29, 0.717) is 5.69 Å². The fourth-order valence-corrected chi connectivity index (χ4v) is 3.09. The Kier molecular flexibility index (Phi) is 3.64. The van der Waals surface area contributed by atoms with Crippen LogP contribution in [-0.2, 0) is 0 Å². The molecule has 3 heterocycles. The quantitative estimate of drug-likeness (QED) is 0.921. The van der Waals surface area contributed by atoms with Crippen LogP contribution in [0.1, 0.15) is 29.8 Å². The monoisotopic (exact) mass is 289 g/mol. The van der Waals surface area contributed by atoms with Crippen LogP contribution >= 0.6 is 11.3 Å². The second-order valence-corrected chi connectivity index (χ2v) is 5.76. The highest BCUT2D eigenvalue weighted by Gasteiger charge is 2.20. The van der Waals surface area contributed by atoms with Gasteiger partial charge in [0.1, 0.15) is 5.69 Å². The Balaban J connectivity index is 1.93. The molecule has 0 bridgehead atoms. The minimum atomic E-state index is -0.476. The van der Waals surface area contributed by atoms with E-state index < -0.39 is 5.69 Å². The van der Waals surface area contributed by atoms with E-state index in [1.165, 1.54) is 11.3 Å². The van der Waals surface area contributed by atoms with Crippen LogP contribution in [0.5, 0.6) is 0 Å². The molecule has 0 unspecified atom stereocenters. The largest absolute Gasteiger partial charge is 0.346 e. The zero-order valence-corrected chi connectivity index (χ0v) is 11.8. The highest BCUT2D eigenvalue weighted by atomic mass is 32.1. The van der Waals surface area contributed by atoms with Crippen LogP contribution in [0, 0.1) is 0 Å². The molecule has 2 aromatic rings. The average molecular weight is 289 g/mol. The molecule has 0 atom stereocenters. The Morgan fingerprint density at radius 3 is 2.80 bits per heavy atom. The van der Waals surface area contributed by atoms with Gasteiger partial charge < -0.3 is 9.88 Å². The minimum absolute atomic E-state index is 0.145. The van der Waals surface area contributed by atoms with E-state index in [9.17, 15) is 9.59 Å². The van der Waals surface area contributed by atoms with Crippen molar-refractivity contribution in [2.24, 2.45) is 0 Å². The van der Waals surface area contributed by atoms with E-state index in [0.717, 1.165) is 37.2 Å². The van der Waals surface area contributed by atoms with Gasteiger partial charge in [-0.1, -0.05) is 6.07 Å². The number of hydrogen-bond acceptors (Lipinski definition) is 4. The molecule has 0 aromatic carbocycles. The topological polar surface area (TPSA) is 66.1 Å². The molecule has 20 heavy (non-hydrogen) atoms. The molecule has 1 N–H and O–H groups in total. The first-order valence-corrected chi connectivity index (χ1v) is 7.56. The smallest absolute Gasteiger partial charge is 0.337 e. The molecular formula is C14H15N3O2S. The van der Waals surface area contributed by atoms with Crippen LogP contribution < -0.4 is 5.69 Å². The van der Waals surface area contributed by atoms with E-state index in [1.807, 2.05) is 17.5 Å². The summed E-state index contributed by atoms with van der Waals surface area (Å²) in [5.74, 6) is -0.145. The van der Waals surface area contributed by atoms with E-state index in [4.69, 9.17) is 0 Å². The fourth-order valence-electron chi connectivity index (χ4n) is 2.39. The molecule has 1 amide bonds. The van der Waals surface area contributed by atoms with Crippen molar-refractivity contribution in [3.05, 3.63) is 39.8 Å². The number of nitrogens with zero attached hydrogens (tertiary/aromatic N) is 2. The SMILES string of the molecule is O=C(c1cc(-c2cccs2)[nH]c(=O)n1)N1CCCCC1. The molecule has 6 heteroatoms. The first-order chi connectivity index (χ1) is 9.74. The van der Waals surface area contributed by atoms with Crippen LogP contribution in [-0.4, -0.2) is 33.9 Å². The van der Waals surface area contributed by atoms with Crippen LogP contribution in [0.15, 0.2) is 28.4 Å². The van der Waals surface area contributed by atoms with E-state index in [2.05, 4.69) is 9.97 Å². The highest BCUT2D eigenvalue weighted by molar-refractivity contribution is 7.13. The number of hydrogen-bond donors (Lipinski definition) is 1. The van der Waals surface area contributed by atoms with Crippen LogP contribution in [0.3, 0.4) is 0 Å². The van der Waals surface area contributed by atoms with Gasteiger partial charge in [0, 0.05) is 13.1 Å². The summed E-state index contributed by atoms with van der Waals surface area (Å²) in [5.41, 5.74) is 0.413. The number of H-pyrrole nitrogens is 1. The van der Waals surface area contributed by atoms with Gasteiger partial charge in [-0.2, -0.15) is 4.98 Å². The summed E-state index contributed by atoms with van der Waals surface area (Å²) in [7, 11) is 0. The minimum Gasteiger partial charge on any atom is -0.337 e.